The Morgan fingerprint density at radius 1 is 1.00 bits per heavy atom. The third kappa shape index (κ3) is 7.46. The van der Waals surface area contributed by atoms with E-state index in [1.54, 1.807) is 57.2 Å². The fourth-order valence-electron chi connectivity index (χ4n) is 3.51. The van der Waals surface area contributed by atoms with Crippen LogP contribution in [-0.2, 0) is 21.2 Å². The molecule has 0 radical (unpaired) electrons. The quantitative estimate of drug-likeness (QED) is 0.402. The van der Waals surface area contributed by atoms with E-state index in [1.807, 2.05) is 12.1 Å². The minimum absolute atomic E-state index is 0.104. The summed E-state index contributed by atoms with van der Waals surface area (Å²) in [6.45, 7) is 5.30. The van der Waals surface area contributed by atoms with Crippen molar-refractivity contribution in [1.82, 2.24) is 9.71 Å². The number of carboxylic acids is 1. The number of carbonyl (C=O) groups excluding carboxylic acids is 1. The first-order chi connectivity index (χ1) is 16.4. The van der Waals surface area contributed by atoms with Crippen LogP contribution in [0.3, 0.4) is 0 Å². The Balaban J connectivity index is 1.79. The second-order valence-corrected chi connectivity index (χ2v) is 10.9. The summed E-state index contributed by atoms with van der Waals surface area (Å²) in [6, 6.07) is 15.4. The van der Waals surface area contributed by atoms with E-state index in [0.29, 0.717) is 29.7 Å². The molecule has 1 amide bonds. The highest BCUT2D eigenvalue weighted by Gasteiger charge is 2.25. The molecule has 2 aromatic carbocycles. The number of hydrogen-bond donors (Lipinski definition) is 3. The number of anilines is 1. The van der Waals surface area contributed by atoms with E-state index >= 15 is 0 Å². The van der Waals surface area contributed by atoms with Crippen molar-refractivity contribution < 1.29 is 23.1 Å². The number of rotatable bonds is 9. The van der Waals surface area contributed by atoms with Crippen LogP contribution < -0.4 is 10.0 Å². The lowest BCUT2D eigenvalue weighted by atomic mass is 10.1. The summed E-state index contributed by atoms with van der Waals surface area (Å²) in [4.78, 5) is 27.8. The lowest BCUT2D eigenvalue weighted by Crippen LogP contribution is -2.40. The Labute approximate surface area is 205 Å². The third-order valence-corrected chi connectivity index (χ3v) is 6.81. The Kier molecular flexibility index (Phi) is 8.03. The van der Waals surface area contributed by atoms with Crippen LogP contribution in [0.5, 0.6) is 0 Å². The minimum atomic E-state index is -3.81. The smallest absolute Gasteiger partial charge is 0.303 e. The summed E-state index contributed by atoms with van der Waals surface area (Å²) in [6.07, 6.45) is 4.23. The van der Waals surface area contributed by atoms with Crippen molar-refractivity contribution in [3.63, 3.8) is 0 Å². The molecular formula is C26H29N3O5S. The number of amides is 1. The maximum Gasteiger partial charge on any atom is 0.303 e. The van der Waals surface area contributed by atoms with Gasteiger partial charge in [-0.1, -0.05) is 30.3 Å². The average molecular weight is 496 g/mol. The van der Waals surface area contributed by atoms with Gasteiger partial charge in [0.2, 0.25) is 10.0 Å². The van der Waals surface area contributed by atoms with Crippen LogP contribution in [0.2, 0.25) is 0 Å². The van der Waals surface area contributed by atoms with Crippen molar-refractivity contribution in [3.8, 4) is 11.1 Å². The van der Waals surface area contributed by atoms with Gasteiger partial charge in [-0.15, -0.1) is 0 Å². The summed E-state index contributed by atoms with van der Waals surface area (Å²) in [7, 11) is -3.81. The number of aryl methyl sites for hydroxylation is 1. The maximum atomic E-state index is 13.0. The lowest BCUT2D eigenvalue weighted by molar-refractivity contribution is -0.137. The van der Waals surface area contributed by atoms with E-state index in [2.05, 4.69) is 15.0 Å². The number of aromatic nitrogens is 1. The van der Waals surface area contributed by atoms with Gasteiger partial charge in [0, 0.05) is 41.2 Å². The monoisotopic (exact) mass is 495 g/mol. The molecule has 0 unspecified atom stereocenters. The minimum Gasteiger partial charge on any atom is -0.481 e. The summed E-state index contributed by atoms with van der Waals surface area (Å²) >= 11 is 0. The van der Waals surface area contributed by atoms with Gasteiger partial charge in [-0.3, -0.25) is 14.6 Å². The lowest BCUT2D eigenvalue weighted by Gasteiger charge is -2.21. The van der Waals surface area contributed by atoms with Crippen LogP contribution >= 0.6 is 0 Å². The molecule has 184 valence electrons. The number of aliphatic carboxylic acids is 1. The van der Waals surface area contributed by atoms with E-state index < -0.39 is 21.5 Å². The van der Waals surface area contributed by atoms with Gasteiger partial charge in [0.15, 0.2) is 0 Å². The highest BCUT2D eigenvalue weighted by Crippen LogP contribution is 2.28. The number of nitrogens with one attached hydrogen (secondary N) is 2. The molecule has 3 aromatic rings. The zero-order valence-corrected chi connectivity index (χ0v) is 20.7. The standard InChI is InChI=1S/C26H29N3O5S/c1-26(2,3)29-35(33,34)23-9-5-4-8-22(23)19-15-20(17-27-16-19)25(32)28-21-13-11-18(12-14-21)7-6-10-24(30)31/h4-5,8-9,11-17,29H,6-7,10H2,1-3H3,(H,28,32)(H,30,31). The topological polar surface area (TPSA) is 125 Å². The van der Waals surface area contributed by atoms with Crippen molar-refractivity contribution in [2.75, 3.05) is 5.32 Å². The molecule has 0 aliphatic heterocycles. The number of carbonyl (C=O) groups is 2. The van der Waals surface area contributed by atoms with Crippen LogP contribution in [0.1, 0.15) is 49.5 Å². The number of pyridine rings is 1. The summed E-state index contributed by atoms with van der Waals surface area (Å²) in [5, 5.41) is 11.6. The Bertz CT molecular complexity index is 1310. The van der Waals surface area contributed by atoms with E-state index in [-0.39, 0.29) is 22.8 Å². The van der Waals surface area contributed by atoms with Crippen LogP contribution in [-0.4, -0.2) is 35.9 Å². The fourth-order valence-corrected chi connectivity index (χ4v) is 5.16. The van der Waals surface area contributed by atoms with Gasteiger partial charge in [0.1, 0.15) is 0 Å². The van der Waals surface area contributed by atoms with Crippen LogP contribution in [0.4, 0.5) is 5.69 Å². The molecule has 8 nitrogen and oxygen atoms in total. The highest BCUT2D eigenvalue weighted by molar-refractivity contribution is 7.89. The van der Waals surface area contributed by atoms with Gasteiger partial charge in [-0.2, -0.15) is 0 Å². The number of benzene rings is 2. The maximum absolute atomic E-state index is 13.0. The molecule has 1 aromatic heterocycles. The molecule has 3 N–H and O–H groups in total. The number of sulfonamides is 1. The van der Waals surface area contributed by atoms with Gasteiger partial charge >= 0.3 is 5.97 Å². The van der Waals surface area contributed by atoms with Gasteiger partial charge in [0.25, 0.3) is 5.91 Å². The van der Waals surface area contributed by atoms with E-state index in [4.69, 9.17) is 5.11 Å². The van der Waals surface area contributed by atoms with Crippen LogP contribution in [0, 0.1) is 0 Å². The molecule has 0 bridgehead atoms. The molecule has 0 atom stereocenters. The normalized spacial score (nSPS) is 11.7. The molecule has 35 heavy (non-hydrogen) atoms. The Hall–Kier alpha value is -3.56. The SMILES string of the molecule is CC(C)(C)NS(=O)(=O)c1ccccc1-c1cncc(C(=O)Nc2ccc(CCCC(=O)O)cc2)c1. The molecule has 0 fully saturated rings. The predicted molar refractivity (Wildman–Crippen MR) is 135 cm³/mol. The zero-order valence-electron chi connectivity index (χ0n) is 19.9. The van der Waals surface area contributed by atoms with E-state index in [1.165, 1.54) is 18.5 Å². The zero-order chi connectivity index (χ0) is 25.6. The van der Waals surface area contributed by atoms with E-state index in [9.17, 15) is 18.0 Å². The van der Waals surface area contributed by atoms with Gasteiger partial charge in [0.05, 0.1) is 10.5 Å². The Morgan fingerprint density at radius 2 is 1.69 bits per heavy atom. The molecule has 0 saturated carbocycles. The predicted octanol–water partition coefficient (Wildman–Crippen LogP) is 4.49. The fraction of sp³-hybridized carbons (Fsp3) is 0.269. The second-order valence-electron chi connectivity index (χ2n) is 9.21. The first-order valence-corrected chi connectivity index (χ1v) is 12.6. The van der Waals surface area contributed by atoms with Crippen molar-refractivity contribution in [2.24, 2.45) is 0 Å². The second kappa shape index (κ2) is 10.8. The van der Waals surface area contributed by atoms with Gasteiger partial charge < -0.3 is 10.4 Å². The molecule has 9 heteroatoms. The van der Waals surface area contributed by atoms with Crippen LogP contribution in [0.15, 0.2) is 71.9 Å². The van der Waals surface area contributed by atoms with Crippen molar-refractivity contribution in [1.29, 1.82) is 0 Å². The first kappa shape index (κ1) is 26.1. The van der Waals surface area contributed by atoms with Crippen molar-refractivity contribution in [3.05, 3.63) is 78.1 Å². The van der Waals surface area contributed by atoms with Gasteiger partial charge in [-0.05, 0) is 63.4 Å². The first-order valence-electron chi connectivity index (χ1n) is 11.2. The molecule has 0 saturated heterocycles. The molecule has 0 aliphatic carbocycles. The third-order valence-electron chi connectivity index (χ3n) is 5.00. The molecule has 0 spiro atoms. The van der Waals surface area contributed by atoms with Crippen molar-refractivity contribution in [2.45, 2.75) is 50.5 Å². The van der Waals surface area contributed by atoms with Gasteiger partial charge in [-0.25, -0.2) is 13.1 Å². The molecule has 3 rings (SSSR count). The van der Waals surface area contributed by atoms with Crippen LogP contribution in [0.25, 0.3) is 11.1 Å². The molecule has 1 heterocycles. The largest absolute Gasteiger partial charge is 0.481 e. The number of carboxylic acid groups (broad SMARTS) is 1. The van der Waals surface area contributed by atoms with E-state index in [0.717, 1.165) is 5.56 Å². The number of hydrogen-bond acceptors (Lipinski definition) is 5. The molecular weight excluding hydrogens is 466 g/mol. The summed E-state index contributed by atoms with van der Waals surface area (Å²) in [5.41, 5.74) is 2.13. The summed E-state index contributed by atoms with van der Waals surface area (Å²) < 4.78 is 28.6. The summed E-state index contributed by atoms with van der Waals surface area (Å²) in [5.74, 6) is -1.21. The molecule has 0 aliphatic rings. The van der Waals surface area contributed by atoms with Crippen molar-refractivity contribution >= 4 is 27.6 Å². The average Bonchev–Trinajstić information content (AvgIpc) is 2.78. The Morgan fingerprint density at radius 3 is 2.34 bits per heavy atom. The highest BCUT2D eigenvalue weighted by atomic mass is 32.2. The number of nitrogens with zero attached hydrogens (tertiary/aromatic N) is 1.